The number of hydrogen-bond donors (Lipinski definition) is 2. The molecule has 1 saturated heterocycles. The van der Waals surface area contributed by atoms with Gasteiger partial charge in [0.25, 0.3) is 0 Å². The van der Waals surface area contributed by atoms with Gasteiger partial charge < -0.3 is 10.6 Å². The summed E-state index contributed by atoms with van der Waals surface area (Å²) in [7, 11) is 0. The van der Waals surface area contributed by atoms with Crippen LogP contribution in [-0.4, -0.2) is 29.8 Å². The van der Waals surface area contributed by atoms with Gasteiger partial charge in [-0.15, -0.1) is 0 Å². The van der Waals surface area contributed by atoms with Crippen LogP contribution >= 0.6 is 0 Å². The molecule has 3 rings (SSSR count). The molecule has 0 aromatic heterocycles. The summed E-state index contributed by atoms with van der Waals surface area (Å²) in [4.78, 5) is 26.5. The molecule has 0 aliphatic carbocycles. The van der Waals surface area contributed by atoms with Crippen molar-refractivity contribution in [2.24, 2.45) is 0 Å². The van der Waals surface area contributed by atoms with Crippen molar-refractivity contribution in [2.75, 3.05) is 13.1 Å². The number of rotatable bonds is 8. The Labute approximate surface area is 173 Å². The third kappa shape index (κ3) is 7.02. The second-order valence-electron chi connectivity index (χ2n) is 7.80. The summed E-state index contributed by atoms with van der Waals surface area (Å²) in [6.45, 7) is 5.34. The monoisotopic (exact) mass is 393 g/mol. The lowest BCUT2D eigenvalue weighted by Crippen LogP contribution is -2.32. The predicted octanol–water partition coefficient (Wildman–Crippen LogP) is 3.56. The van der Waals surface area contributed by atoms with Crippen molar-refractivity contribution in [2.45, 2.75) is 51.7 Å². The Morgan fingerprint density at radius 1 is 0.931 bits per heavy atom. The second-order valence-corrected chi connectivity index (χ2v) is 7.80. The molecule has 1 aliphatic heterocycles. The van der Waals surface area contributed by atoms with Gasteiger partial charge in [0, 0.05) is 20.0 Å². The van der Waals surface area contributed by atoms with E-state index in [2.05, 4.69) is 39.8 Å². The minimum Gasteiger partial charge on any atom is -0.352 e. The molecule has 0 bridgehead atoms. The molecular weight excluding hydrogens is 362 g/mol. The molecule has 1 heterocycles. The minimum absolute atomic E-state index is 0.0787. The van der Waals surface area contributed by atoms with Gasteiger partial charge in [-0.1, -0.05) is 61.0 Å². The zero-order chi connectivity index (χ0) is 20.5. The lowest BCUT2D eigenvalue weighted by atomic mass is 10.0. The smallest absolute Gasteiger partial charge is 0.222 e. The number of likely N-dealkylation sites (tertiary alicyclic amines) is 1. The van der Waals surface area contributed by atoms with Crippen LogP contribution in [0, 0.1) is 0 Å². The summed E-state index contributed by atoms with van der Waals surface area (Å²) in [6, 6.07) is 17.7. The largest absolute Gasteiger partial charge is 0.352 e. The number of amides is 2. The number of nitrogens with zero attached hydrogens (tertiary/aromatic N) is 1. The van der Waals surface area contributed by atoms with Crippen molar-refractivity contribution in [3.8, 4) is 0 Å². The van der Waals surface area contributed by atoms with E-state index in [4.69, 9.17) is 0 Å². The Bertz CT molecular complexity index is 784. The Hall–Kier alpha value is -2.66. The van der Waals surface area contributed by atoms with Gasteiger partial charge in [0.1, 0.15) is 0 Å². The normalized spacial score (nSPS) is 15.5. The molecule has 1 fully saturated rings. The van der Waals surface area contributed by atoms with Crippen LogP contribution in [0.4, 0.5) is 0 Å². The topological polar surface area (TPSA) is 61.4 Å². The highest BCUT2D eigenvalue weighted by Crippen LogP contribution is 2.17. The molecule has 29 heavy (non-hydrogen) atoms. The molecule has 154 valence electrons. The molecule has 0 radical (unpaired) electrons. The molecule has 2 aromatic carbocycles. The highest BCUT2D eigenvalue weighted by molar-refractivity contribution is 5.79. The van der Waals surface area contributed by atoms with Crippen molar-refractivity contribution in [3.63, 3.8) is 0 Å². The number of hydrogen-bond acceptors (Lipinski definition) is 3. The van der Waals surface area contributed by atoms with Crippen LogP contribution in [0.1, 0.15) is 55.3 Å². The van der Waals surface area contributed by atoms with Crippen LogP contribution in [0.2, 0.25) is 0 Å². The van der Waals surface area contributed by atoms with E-state index in [-0.39, 0.29) is 24.3 Å². The lowest BCUT2D eigenvalue weighted by Gasteiger charge is -2.26. The minimum atomic E-state index is -0.319. The van der Waals surface area contributed by atoms with Crippen molar-refractivity contribution in [1.29, 1.82) is 0 Å². The lowest BCUT2D eigenvalue weighted by molar-refractivity contribution is -0.122. The van der Waals surface area contributed by atoms with Crippen molar-refractivity contribution >= 4 is 11.8 Å². The molecule has 0 spiro atoms. The highest BCUT2D eigenvalue weighted by atomic mass is 16.2. The average molecular weight is 394 g/mol. The average Bonchev–Trinajstić information content (AvgIpc) is 2.74. The first-order valence-corrected chi connectivity index (χ1v) is 10.5. The Kier molecular flexibility index (Phi) is 7.82. The summed E-state index contributed by atoms with van der Waals surface area (Å²) < 4.78 is 0. The molecule has 1 atom stereocenters. The van der Waals surface area contributed by atoms with Gasteiger partial charge in [-0.25, -0.2) is 0 Å². The van der Waals surface area contributed by atoms with Crippen molar-refractivity contribution in [1.82, 2.24) is 15.5 Å². The molecule has 0 saturated carbocycles. The van der Waals surface area contributed by atoms with Gasteiger partial charge in [-0.3, -0.25) is 14.5 Å². The van der Waals surface area contributed by atoms with Crippen LogP contribution in [0.15, 0.2) is 54.6 Å². The summed E-state index contributed by atoms with van der Waals surface area (Å²) >= 11 is 0. The maximum atomic E-state index is 12.4. The van der Waals surface area contributed by atoms with Crippen LogP contribution in [0.5, 0.6) is 0 Å². The predicted molar refractivity (Wildman–Crippen MR) is 115 cm³/mol. The van der Waals surface area contributed by atoms with E-state index < -0.39 is 0 Å². The summed E-state index contributed by atoms with van der Waals surface area (Å²) in [5.41, 5.74) is 3.33. The number of carbonyl (C=O) groups is 2. The Morgan fingerprint density at radius 3 is 2.24 bits per heavy atom. The van der Waals surface area contributed by atoms with E-state index in [9.17, 15) is 9.59 Å². The first-order valence-electron chi connectivity index (χ1n) is 10.5. The fourth-order valence-electron chi connectivity index (χ4n) is 3.78. The van der Waals surface area contributed by atoms with Crippen LogP contribution in [-0.2, 0) is 22.7 Å². The van der Waals surface area contributed by atoms with Gasteiger partial charge in [0.15, 0.2) is 0 Å². The maximum absolute atomic E-state index is 12.4. The third-order valence-electron chi connectivity index (χ3n) is 5.34. The number of benzene rings is 2. The maximum Gasteiger partial charge on any atom is 0.222 e. The summed E-state index contributed by atoms with van der Waals surface area (Å²) in [5, 5.41) is 5.84. The zero-order valence-corrected chi connectivity index (χ0v) is 17.2. The molecule has 5 nitrogen and oxygen atoms in total. The van der Waals surface area contributed by atoms with Crippen LogP contribution in [0.3, 0.4) is 0 Å². The van der Waals surface area contributed by atoms with E-state index in [1.807, 2.05) is 30.3 Å². The second kappa shape index (κ2) is 10.8. The third-order valence-corrected chi connectivity index (χ3v) is 5.34. The fraction of sp³-hybridized carbons (Fsp3) is 0.417. The highest BCUT2D eigenvalue weighted by Gasteiger charge is 2.17. The number of nitrogens with one attached hydrogen (secondary N) is 2. The van der Waals surface area contributed by atoms with E-state index in [1.165, 1.54) is 44.8 Å². The van der Waals surface area contributed by atoms with Gasteiger partial charge in [-0.05, 0) is 42.6 Å². The first-order chi connectivity index (χ1) is 14.1. The first kappa shape index (κ1) is 21.1. The summed E-state index contributed by atoms with van der Waals surface area (Å²) in [6.07, 6.45) is 4.16. The molecule has 2 N–H and O–H groups in total. The van der Waals surface area contributed by atoms with Gasteiger partial charge >= 0.3 is 0 Å². The fourth-order valence-corrected chi connectivity index (χ4v) is 3.78. The number of carbonyl (C=O) groups excluding carboxylic acids is 2. The molecule has 5 heteroatoms. The van der Waals surface area contributed by atoms with Gasteiger partial charge in [-0.2, -0.15) is 0 Å². The van der Waals surface area contributed by atoms with E-state index >= 15 is 0 Å². The molecule has 2 amide bonds. The molecular formula is C24H31N3O2. The quantitative estimate of drug-likeness (QED) is 0.721. The Morgan fingerprint density at radius 2 is 1.59 bits per heavy atom. The van der Waals surface area contributed by atoms with Crippen LogP contribution in [0.25, 0.3) is 0 Å². The SMILES string of the molecule is CC(=O)NC(CC(=O)NCc1ccc(CN2CCCCC2)cc1)c1ccccc1. The molecule has 1 aliphatic rings. The van der Waals surface area contributed by atoms with Crippen LogP contribution < -0.4 is 10.6 Å². The van der Waals surface area contributed by atoms with Crippen molar-refractivity contribution in [3.05, 3.63) is 71.3 Å². The van der Waals surface area contributed by atoms with E-state index in [1.54, 1.807) is 0 Å². The summed E-state index contributed by atoms with van der Waals surface area (Å²) in [5.74, 6) is -0.221. The zero-order valence-electron chi connectivity index (χ0n) is 17.2. The van der Waals surface area contributed by atoms with E-state index in [0.29, 0.717) is 6.54 Å². The van der Waals surface area contributed by atoms with E-state index in [0.717, 1.165) is 17.7 Å². The van der Waals surface area contributed by atoms with Crippen molar-refractivity contribution < 1.29 is 9.59 Å². The Balaban J connectivity index is 1.49. The molecule has 1 unspecified atom stereocenters. The molecule has 2 aromatic rings. The number of piperidine rings is 1. The standard InChI is InChI=1S/C24H31N3O2/c1-19(28)26-23(22-8-4-2-5-9-22)16-24(29)25-17-20-10-12-21(13-11-20)18-27-14-6-3-7-15-27/h2,4-5,8-13,23H,3,6-7,14-18H2,1H3,(H,25,29)(H,26,28). The van der Waals surface area contributed by atoms with Gasteiger partial charge in [0.05, 0.1) is 12.5 Å². The van der Waals surface area contributed by atoms with Gasteiger partial charge in [0.2, 0.25) is 11.8 Å².